The normalized spacial score (nSPS) is 25.3. The Labute approximate surface area is 114 Å². The van der Waals surface area contributed by atoms with Crippen molar-refractivity contribution in [3.63, 3.8) is 0 Å². The largest absolute Gasteiger partial charge is 0.314 e. The van der Waals surface area contributed by atoms with Gasteiger partial charge >= 0.3 is 0 Å². The average molecular weight is 254 g/mol. The molecule has 0 aromatic carbocycles. The maximum Gasteiger partial charge on any atom is 0.0277 e. The van der Waals surface area contributed by atoms with Gasteiger partial charge in [0.2, 0.25) is 0 Å². The van der Waals surface area contributed by atoms with E-state index in [9.17, 15) is 0 Å². The number of nitrogens with one attached hydrogen (secondary N) is 2. The van der Waals surface area contributed by atoms with Crippen LogP contribution in [0, 0.1) is 5.41 Å². The number of hydrogen-bond acceptors (Lipinski definition) is 2. The van der Waals surface area contributed by atoms with E-state index in [1.54, 1.807) is 0 Å². The topological polar surface area (TPSA) is 24.1 Å². The molecule has 1 atom stereocenters. The van der Waals surface area contributed by atoms with Crippen molar-refractivity contribution in [3.05, 3.63) is 0 Å². The molecular formula is C16H34N2. The summed E-state index contributed by atoms with van der Waals surface area (Å²) in [6.45, 7) is 12.9. The molecule has 1 aliphatic rings. The van der Waals surface area contributed by atoms with Crippen LogP contribution in [0.15, 0.2) is 0 Å². The van der Waals surface area contributed by atoms with Gasteiger partial charge in [-0.05, 0) is 38.1 Å². The third-order valence-electron chi connectivity index (χ3n) is 4.28. The van der Waals surface area contributed by atoms with Crippen LogP contribution >= 0.6 is 0 Å². The highest BCUT2D eigenvalue weighted by molar-refractivity contribution is 4.89. The van der Waals surface area contributed by atoms with Crippen molar-refractivity contribution in [3.8, 4) is 0 Å². The Bertz CT molecular complexity index is 217. The molecule has 0 aromatic rings. The van der Waals surface area contributed by atoms with Gasteiger partial charge in [-0.2, -0.15) is 0 Å². The average Bonchev–Trinajstić information content (AvgIpc) is 2.29. The van der Waals surface area contributed by atoms with E-state index in [1.807, 2.05) is 0 Å². The first-order valence-corrected chi connectivity index (χ1v) is 7.93. The highest BCUT2D eigenvalue weighted by atomic mass is 15.0. The fraction of sp³-hybridized carbons (Fsp3) is 1.00. The number of rotatable bonds is 8. The van der Waals surface area contributed by atoms with Gasteiger partial charge in [0.1, 0.15) is 0 Å². The molecule has 18 heavy (non-hydrogen) atoms. The summed E-state index contributed by atoms with van der Waals surface area (Å²) in [6.07, 6.45) is 9.46. The number of hydrogen-bond donors (Lipinski definition) is 2. The molecule has 0 bridgehead atoms. The Balaban J connectivity index is 2.18. The second kappa shape index (κ2) is 7.49. The Morgan fingerprint density at radius 1 is 1.22 bits per heavy atom. The summed E-state index contributed by atoms with van der Waals surface area (Å²) in [6, 6.07) is 0. The van der Waals surface area contributed by atoms with E-state index in [1.165, 1.54) is 51.5 Å². The van der Waals surface area contributed by atoms with Crippen LogP contribution < -0.4 is 10.6 Å². The molecule has 108 valence electrons. The predicted molar refractivity (Wildman–Crippen MR) is 81.1 cm³/mol. The Kier molecular flexibility index (Phi) is 6.65. The smallest absolute Gasteiger partial charge is 0.0277 e. The molecule has 0 saturated carbocycles. The summed E-state index contributed by atoms with van der Waals surface area (Å²) in [4.78, 5) is 0. The molecule has 2 heteroatoms. The van der Waals surface area contributed by atoms with Gasteiger partial charge in [0.15, 0.2) is 0 Å². The first kappa shape index (κ1) is 16.0. The fourth-order valence-corrected chi connectivity index (χ4v) is 2.89. The number of unbranched alkanes of at least 4 members (excludes halogenated alkanes) is 2. The van der Waals surface area contributed by atoms with Crippen molar-refractivity contribution >= 4 is 0 Å². The molecule has 0 spiro atoms. The van der Waals surface area contributed by atoms with Crippen molar-refractivity contribution < 1.29 is 0 Å². The molecule has 1 fully saturated rings. The Morgan fingerprint density at radius 2 is 2.00 bits per heavy atom. The van der Waals surface area contributed by atoms with Crippen molar-refractivity contribution in [2.24, 2.45) is 5.41 Å². The molecule has 0 aromatic heterocycles. The second-order valence-corrected chi connectivity index (χ2v) is 7.17. The zero-order valence-electron chi connectivity index (χ0n) is 13.1. The summed E-state index contributed by atoms with van der Waals surface area (Å²) in [5.74, 6) is 0. The third-order valence-corrected chi connectivity index (χ3v) is 4.28. The van der Waals surface area contributed by atoms with E-state index in [0.29, 0.717) is 11.0 Å². The maximum atomic E-state index is 3.70. The molecule has 1 unspecified atom stereocenters. The van der Waals surface area contributed by atoms with Gasteiger partial charge in [0, 0.05) is 18.6 Å². The van der Waals surface area contributed by atoms with Crippen molar-refractivity contribution in [2.75, 3.05) is 19.6 Å². The zero-order chi connectivity index (χ0) is 13.5. The highest BCUT2D eigenvalue weighted by Gasteiger charge is 2.26. The van der Waals surface area contributed by atoms with Crippen LogP contribution in [0.3, 0.4) is 0 Å². The predicted octanol–water partition coefficient (Wildman–Crippen LogP) is 3.71. The summed E-state index contributed by atoms with van der Waals surface area (Å²) >= 11 is 0. The first-order valence-electron chi connectivity index (χ1n) is 7.93. The summed E-state index contributed by atoms with van der Waals surface area (Å²) in [5.41, 5.74) is 0.776. The number of piperidine rings is 1. The van der Waals surface area contributed by atoms with Crippen LogP contribution in [-0.4, -0.2) is 25.2 Å². The van der Waals surface area contributed by atoms with Gasteiger partial charge in [0.05, 0.1) is 0 Å². The van der Waals surface area contributed by atoms with E-state index in [4.69, 9.17) is 0 Å². The monoisotopic (exact) mass is 254 g/mol. The quantitative estimate of drug-likeness (QED) is 0.645. The van der Waals surface area contributed by atoms with Crippen LogP contribution in [0.1, 0.15) is 72.6 Å². The summed E-state index contributed by atoms with van der Waals surface area (Å²) in [5, 5.41) is 7.37. The van der Waals surface area contributed by atoms with Gasteiger partial charge < -0.3 is 10.6 Å². The highest BCUT2D eigenvalue weighted by Crippen LogP contribution is 2.23. The van der Waals surface area contributed by atoms with Crippen molar-refractivity contribution in [1.82, 2.24) is 10.6 Å². The van der Waals surface area contributed by atoms with E-state index in [0.717, 1.165) is 13.1 Å². The van der Waals surface area contributed by atoms with Gasteiger partial charge in [0.25, 0.3) is 0 Å². The lowest BCUT2D eigenvalue weighted by atomic mass is 9.86. The Hall–Kier alpha value is -0.0800. The standard InChI is InChI=1S/C16H34N2/c1-5-6-7-10-15(2,3)13-17-14-16(4)11-8-9-12-18-16/h17-18H,5-14H2,1-4H3. The molecular weight excluding hydrogens is 220 g/mol. The molecule has 1 rings (SSSR count). The van der Waals surface area contributed by atoms with E-state index < -0.39 is 0 Å². The maximum absolute atomic E-state index is 3.70. The van der Waals surface area contributed by atoms with Crippen LogP contribution in [0.4, 0.5) is 0 Å². The lowest BCUT2D eigenvalue weighted by Crippen LogP contribution is -2.53. The minimum atomic E-state index is 0.331. The molecule has 1 aliphatic heterocycles. The zero-order valence-corrected chi connectivity index (χ0v) is 13.1. The van der Waals surface area contributed by atoms with Crippen LogP contribution in [-0.2, 0) is 0 Å². The van der Waals surface area contributed by atoms with Crippen molar-refractivity contribution in [2.45, 2.75) is 78.2 Å². The van der Waals surface area contributed by atoms with E-state index >= 15 is 0 Å². The molecule has 1 heterocycles. The minimum Gasteiger partial charge on any atom is -0.314 e. The molecule has 0 amide bonds. The van der Waals surface area contributed by atoms with Crippen LogP contribution in [0.25, 0.3) is 0 Å². The minimum absolute atomic E-state index is 0.331. The SMILES string of the molecule is CCCCCC(C)(C)CNCC1(C)CCCCN1. The third kappa shape index (κ3) is 6.19. The van der Waals surface area contributed by atoms with Crippen molar-refractivity contribution in [1.29, 1.82) is 0 Å². The van der Waals surface area contributed by atoms with E-state index in [2.05, 4.69) is 38.3 Å². The molecule has 0 radical (unpaired) electrons. The molecule has 2 nitrogen and oxygen atoms in total. The molecule has 1 saturated heterocycles. The van der Waals surface area contributed by atoms with Gasteiger partial charge in [-0.15, -0.1) is 0 Å². The van der Waals surface area contributed by atoms with Gasteiger partial charge in [-0.1, -0.05) is 46.5 Å². The fourth-order valence-electron chi connectivity index (χ4n) is 2.89. The van der Waals surface area contributed by atoms with Crippen LogP contribution in [0.2, 0.25) is 0 Å². The molecule has 0 aliphatic carbocycles. The van der Waals surface area contributed by atoms with E-state index in [-0.39, 0.29) is 0 Å². The summed E-state index contributed by atoms with van der Waals surface area (Å²) < 4.78 is 0. The first-order chi connectivity index (χ1) is 8.47. The van der Waals surface area contributed by atoms with Gasteiger partial charge in [-0.25, -0.2) is 0 Å². The lowest BCUT2D eigenvalue weighted by Gasteiger charge is -2.36. The lowest BCUT2D eigenvalue weighted by molar-refractivity contribution is 0.240. The van der Waals surface area contributed by atoms with Gasteiger partial charge in [-0.3, -0.25) is 0 Å². The summed E-state index contributed by atoms with van der Waals surface area (Å²) in [7, 11) is 0. The molecule has 2 N–H and O–H groups in total. The Morgan fingerprint density at radius 3 is 2.61 bits per heavy atom. The second-order valence-electron chi connectivity index (χ2n) is 7.17. The van der Waals surface area contributed by atoms with Crippen LogP contribution in [0.5, 0.6) is 0 Å².